The second kappa shape index (κ2) is 14.3. The molecule has 53 heavy (non-hydrogen) atoms. The van der Waals surface area contributed by atoms with Crippen molar-refractivity contribution < 1.29 is 45.4 Å². The summed E-state index contributed by atoms with van der Waals surface area (Å²) in [5, 5.41) is 0. The van der Waals surface area contributed by atoms with Gasteiger partial charge >= 0.3 is 12.3 Å². The zero-order valence-corrected chi connectivity index (χ0v) is 33.8. The van der Waals surface area contributed by atoms with Crippen molar-refractivity contribution >= 4 is 44.2 Å². The molecule has 0 amide bonds. The number of Topliss-reactive ketones (excluding diaryl/α,β-unsaturated/α-hetero) is 1. The van der Waals surface area contributed by atoms with Crippen LogP contribution in [0.4, 0.5) is 15.3 Å². The number of anilines is 1. The van der Waals surface area contributed by atoms with Crippen LogP contribution in [0, 0.1) is 16.7 Å². The van der Waals surface area contributed by atoms with Crippen molar-refractivity contribution in [3.63, 3.8) is 0 Å². The van der Waals surface area contributed by atoms with Crippen molar-refractivity contribution in [2.24, 2.45) is 16.7 Å². The number of nitrogens with zero attached hydrogens (tertiary/aromatic N) is 1. The molecule has 0 N–H and O–H groups in total. The van der Waals surface area contributed by atoms with E-state index < -0.39 is 60.5 Å². The molecule has 11 nitrogen and oxygen atoms in total. The van der Waals surface area contributed by atoms with Gasteiger partial charge in [0.15, 0.2) is 0 Å². The number of hydrogen-bond donors (Lipinski definition) is 0. The van der Waals surface area contributed by atoms with E-state index in [1.165, 1.54) is 0 Å². The standard InChI is InChI=1S/C40H51NO10S2/c1-37(2,3)49-35(43)47-29-13-11-15-32(24-29)53(31-19-17-28(18-20-31)41(9)10,33-16-12-14-30(25-33)48-36(44)50-38(4,5)6)51-52(45,46)26-40-22-21-27(23-34(40)42)39(40,7)8/h11-20,24-25,27H,21-23,26H2,1-10H3. The minimum absolute atomic E-state index is 0.0672. The fraction of sp³-hybridized carbons (Fsp3) is 0.475. The molecule has 2 saturated carbocycles. The van der Waals surface area contributed by atoms with Crippen LogP contribution in [-0.4, -0.2) is 57.6 Å². The molecule has 0 heterocycles. The molecule has 2 aliphatic carbocycles. The summed E-state index contributed by atoms with van der Waals surface area (Å²) < 4.78 is 58.2. The summed E-state index contributed by atoms with van der Waals surface area (Å²) in [7, 11) is -4.06. The Morgan fingerprint density at radius 2 is 1.26 bits per heavy atom. The fourth-order valence-corrected chi connectivity index (χ4v) is 13.3. The van der Waals surface area contributed by atoms with Crippen LogP contribution in [0.2, 0.25) is 0 Å². The van der Waals surface area contributed by atoms with Crippen LogP contribution in [0.15, 0.2) is 87.5 Å². The number of carbonyl (C=O) groups excluding carboxylic acids is 3. The molecule has 0 saturated heterocycles. The van der Waals surface area contributed by atoms with Gasteiger partial charge < -0.3 is 23.8 Å². The molecule has 2 atom stereocenters. The number of rotatable bonds is 10. The van der Waals surface area contributed by atoms with E-state index in [2.05, 4.69) is 0 Å². The van der Waals surface area contributed by atoms with E-state index >= 15 is 0 Å². The van der Waals surface area contributed by atoms with Gasteiger partial charge in [-0.25, -0.2) is 13.2 Å². The molecule has 0 spiro atoms. The third-order valence-corrected chi connectivity index (χ3v) is 15.2. The highest BCUT2D eigenvalue weighted by Crippen LogP contribution is 2.72. The summed E-state index contributed by atoms with van der Waals surface area (Å²) in [4.78, 5) is 42.3. The summed E-state index contributed by atoms with van der Waals surface area (Å²) in [6.07, 6.45) is -0.343. The van der Waals surface area contributed by atoms with Crippen LogP contribution in [0.1, 0.15) is 74.7 Å². The van der Waals surface area contributed by atoms with Gasteiger partial charge in [0.25, 0.3) is 10.1 Å². The van der Waals surface area contributed by atoms with Gasteiger partial charge in [-0.2, -0.15) is 8.42 Å². The summed E-state index contributed by atoms with van der Waals surface area (Å²) in [6.45, 7) is 14.2. The summed E-state index contributed by atoms with van der Waals surface area (Å²) in [5.41, 5.74) is -2.46. The highest BCUT2D eigenvalue weighted by Gasteiger charge is 2.66. The average molecular weight is 770 g/mol. The van der Waals surface area contributed by atoms with Gasteiger partial charge in [-0.05, 0) is 137 Å². The van der Waals surface area contributed by atoms with E-state index in [1.54, 1.807) is 102 Å². The lowest BCUT2D eigenvalue weighted by atomic mass is 9.70. The second-order valence-electron chi connectivity index (χ2n) is 16.5. The van der Waals surface area contributed by atoms with Crippen LogP contribution < -0.4 is 14.4 Å². The minimum Gasteiger partial charge on any atom is -0.428 e. The number of fused-ring (bicyclic) bond motifs is 2. The Morgan fingerprint density at radius 3 is 1.66 bits per heavy atom. The third-order valence-electron chi connectivity index (χ3n) is 9.91. The van der Waals surface area contributed by atoms with E-state index in [1.807, 2.05) is 45.0 Å². The van der Waals surface area contributed by atoms with Crippen molar-refractivity contribution in [2.75, 3.05) is 24.7 Å². The number of hydrogen-bond acceptors (Lipinski definition) is 11. The maximum Gasteiger partial charge on any atom is 0.514 e. The lowest BCUT2D eigenvalue weighted by molar-refractivity contribution is -0.128. The van der Waals surface area contributed by atoms with E-state index in [4.69, 9.17) is 22.6 Å². The maximum atomic E-state index is 14.8. The number of benzene rings is 3. The van der Waals surface area contributed by atoms with E-state index in [0.29, 0.717) is 27.5 Å². The van der Waals surface area contributed by atoms with Crippen LogP contribution in [0.3, 0.4) is 0 Å². The first-order valence-electron chi connectivity index (χ1n) is 17.6. The van der Waals surface area contributed by atoms with Crippen LogP contribution >= 0.6 is 10.3 Å². The highest BCUT2D eigenvalue weighted by atomic mass is 32.3. The van der Waals surface area contributed by atoms with Crippen molar-refractivity contribution in [1.82, 2.24) is 0 Å². The Hall–Kier alpha value is -4.07. The Morgan fingerprint density at radius 1 is 0.774 bits per heavy atom. The van der Waals surface area contributed by atoms with E-state index in [-0.39, 0.29) is 23.2 Å². The van der Waals surface area contributed by atoms with Gasteiger partial charge in [0.1, 0.15) is 28.5 Å². The van der Waals surface area contributed by atoms with Gasteiger partial charge in [0.2, 0.25) is 0 Å². The van der Waals surface area contributed by atoms with Crippen molar-refractivity contribution in [1.29, 1.82) is 0 Å². The van der Waals surface area contributed by atoms with Gasteiger partial charge in [0, 0.05) is 40.9 Å². The zero-order valence-electron chi connectivity index (χ0n) is 32.2. The number of ketones is 1. The van der Waals surface area contributed by atoms with E-state index in [9.17, 15) is 22.8 Å². The number of carbonyl (C=O) groups is 3. The molecule has 0 radical (unpaired) electrons. The van der Waals surface area contributed by atoms with Gasteiger partial charge in [-0.15, -0.1) is 0 Å². The topological polar surface area (TPSA) is 135 Å². The molecule has 0 aromatic heterocycles. The Bertz CT molecular complexity index is 1900. The minimum atomic E-state index is -4.52. The molecule has 5 rings (SSSR count). The molecule has 2 unspecified atom stereocenters. The first-order valence-corrected chi connectivity index (χ1v) is 20.7. The third kappa shape index (κ3) is 8.52. The predicted octanol–water partition coefficient (Wildman–Crippen LogP) is 9.32. The molecule has 3 aromatic rings. The summed E-state index contributed by atoms with van der Waals surface area (Å²) >= 11 is 0. The van der Waals surface area contributed by atoms with Crippen molar-refractivity contribution in [2.45, 2.75) is 101 Å². The second-order valence-corrected chi connectivity index (χ2v) is 20.9. The molecule has 2 aliphatic rings. The smallest absolute Gasteiger partial charge is 0.428 e. The monoisotopic (exact) mass is 769 g/mol. The molecule has 0 aliphatic heterocycles. The normalized spacial score (nSPS) is 20.1. The SMILES string of the molecule is CN(C)c1ccc(S(OS(=O)(=O)CC23CCC(CC2=O)C3(C)C)(c2cccc(OC(=O)OC(C)(C)C)c2)c2cccc(OC(=O)OC(C)(C)C)c2)cc1. The van der Waals surface area contributed by atoms with Crippen molar-refractivity contribution in [3.05, 3.63) is 72.8 Å². The lowest BCUT2D eigenvalue weighted by Crippen LogP contribution is -2.42. The molecular weight excluding hydrogens is 719 g/mol. The lowest BCUT2D eigenvalue weighted by Gasteiger charge is -2.42. The highest BCUT2D eigenvalue weighted by molar-refractivity contribution is 8.33. The molecule has 13 heteroatoms. The largest absolute Gasteiger partial charge is 0.514 e. The molecule has 2 fully saturated rings. The zero-order chi connectivity index (χ0) is 39.2. The van der Waals surface area contributed by atoms with Gasteiger partial charge in [-0.1, -0.05) is 26.0 Å². The maximum absolute atomic E-state index is 14.8. The van der Waals surface area contributed by atoms with Gasteiger partial charge in [-0.3, -0.25) is 4.79 Å². The predicted molar refractivity (Wildman–Crippen MR) is 203 cm³/mol. The average Bonchev–Trinajstić information content (AvgIpc) is 3.36. The Kier molecular flexibility index (Phi) is 10.8. The molecule has 2 bridgehead atoms. The van der Waals surface area contributed by atoms with E-state index in [0.717, 1.165) is 12.1 Å². The molecule has 288 valence electrons. The van der Waals surface area contributed by atoms with Crippen LogP contribution in [0.5, 0.6) is 11.5 Å². The van der Waals surface area contributed by atoms with Crippen LogP contribution in [0.25, 0.3) is 0 Å². The Labute approximate surface area is 314 Å². The number of ether oxygens (including phenoxy) is 4. The first kappa shape index (κ1) is 40.1. The van der Waals surface area contributed by atoms with Crippen LogP contribution in [-0.2, 0) is 28.0 Å². The summed E-state index contributed by atoms with van der Waals surface area (Å²) in [6, 6.07) is 20.1. The quantitative estimate of drug-likeness (QED) is 0.144. The summed E-state index contributed by atoms with van der Waals surface area (Å²) in [5.74, 6) is -0.309. The first-order chi connectivity index (χ1) is 24.5. The van der Waals surface area contributed by atoms with Gasteiger partial charge in [0.05, 0.1) is 11.2 Å². The Balaban J connectivity index is 1.72. The molecule has 3 aromatic carbocycles. The molecular formula is C40H51NO10S2. The fourth-order valence-electron chi connectivity index (χ4n) is 7.22. The van der Waals surface area contributed by atoms with Crippen molar-refractivity contribution in [3.8, 4) is 11.5 Å².